The van der Waals surface area contributed by atoms with Crippen LogP contribution in [0, 0.1) is 6.92 Å². The predicted molar refractivity (Wildman–Crippen MR) is 134 cm³/mol. The zero-order valence-corrected chi connectivity index (χ0v) is 20.0. The lowest BCUT2D eigenvalue weighted by atomic mass is 10.3. The number of pyridine rings is 1. The second-order valence-corrected chi connectivity index (χ2v) is 8.86. The molecule has 5 aromatic heterocycles. The van der Waals surface area contributed by atoms with E-state index in [2.05, 4.69) is 39.4 Å². The fourth-order valence-electron chi connectivity index (χ4n) is 4.54. The smallest absolute Gasteiger partial charge is 0.225 e. The number of nitrogens with two attached hydrogens (primary N) is 1. The van der Waals surface area contributed by atoms with Crippen molar-refractivity contribution >= 4 is 40.2 Å². The summed E-state index contributed by atoms with van der Waals surface area (Å²) < 4.78 is 3.66. The molecule has 1 fully saturated rings. The first kappa shape index (κ1) is 21.7. The van der Waals surface area contributed by atoms with Crippen molar-refractivity contribution in [1.29, 1.82) is 0 Å². The summed E-state index contributed by atoms with van der Waals surface area (Å²) in [5.74, 6) is 1.52. The van der Waals surface area contributed by atoms with Gasteiger partial charge in [0.25, 0.3) is 0 Å². The quantitative estimate of drug-likeness (QED) is 0.396. The van der Waals surface area contributed by atoms with Gasteiger partial charge in [0.15, 0.2) is 5.65 Å². The summed E-state index contributed by atoms with van der Waals surface area (Å²) in [6, 6.07) is 7.44. The van der Waals surface area contributed by atoms with Gasteiger partial charge in [-0.05, 0) is 25.1 Å². The second-order valence-electron chi connectivity index (χ2n) is 8.48. The first-order valence-electron chi connectivity index (χ1n) is 11.5. The van der Waals surface area contributed by atoms with E-state index < -0.39 is 0 Å². The van der Waals surface area contributed by atoms with E-state index in [1.165, 1.54) is 4.52 Å². The van der Waals surface area contributed by atoms with E-state index in [9.17, 15) is 0 Å². The summed E-state index contributed by atoms with van der Waals surface area (Å²) in [5.41, 5.74) is 9.19. The molecule has 5 aromatic rings. The Morgan fingerprint density at radius 3 is 2.43 bits per heavy atom. The lowest BCUT2D eigenvalue weighted by molar-refractivity contribution is 0.247. The SMILES string of the molecule is Cc1c(Cl)c2c(nc(N)n3nc(-c4ccccn4)nc23)n1CCN1CCN(c2ncccn2)CC1. The van der Waals surface area contributed by atoms with E-state index in [1.54, 1.807) is 18.6 Å². The largest absolute Gasteiger partial charge is 0.368 e. The topological polar surface area (TPSA) is 119 Å². The normalized spacial score (nSPS) is 14.9. The zero-order valence-electron chi connectivity index (χ0n) is 19.2. The maximum atomic E-state index is 6.81. The Bertz CT molecular complexity index is 1490. The molecule has 0 saturated carbocycles. The van der Waals surface area contributed by atoms with Crippen LogP contribution in [-0.4, -0.2) is 76.7 Å². The van der Waals surface area contributed by atoms with E-state index in [-0.39, 0.29) is 5.95 Å². The lowest BCUT2D eigenvalue weighted by Gasteiger charge is -2.34. The molecule has 0 amide bonds. The van der Waals surface area contributed by atoms with Gasteiger partial charge < -0.3 is 15.2 Å². The number of piperazine rings is 1. The number of nitrogen functional groups attached to an aromatic ring is 1. The van der Waals surface area contributed by atoms with E-state index in [0.29, 0.717) is 27.8 Å². The average molecular weight is 490 g/mol. The summed E-state index contributed by atoms with van der Waals surface area (Å²) in [5, 5.41) is 5.89. The summed E-state index contributed by atoms with van der Waals surface area (Å²) in [4.78, 5) is 27.1. The highest BCUT2D eigenvalue weighted by molar-refractivity contribution is 6.37. The van der Waals surface area contributed by atoms with Crippen molar-refractivity contribution < 1.29 is 0 Å². The van der Waals surface area contributed by atoms with Gasteiger partial charge in [0.1, 0.15) is 11.3 Å². The van der Waals surface area contributed by atoms with Gasteiger partial charge in [-0.3, -0.25) is 9.88 Å². The van der Waals surface area contributed by atoms with Crippen LogP contribution >= 0.6 is 11.6 Å². The molecule has 35 heavy (non-hydrogen) atoms. The molecule has 0 spiro atoms. The number of anilines is 2. The van der Waals surface area contributed by atoms with E-state index in [0.717, 1.165) is 56.3 Å². The van der Waals surface area contributed by atoms with Crippen molar-refractivity contribution in [2.45, 2.75) is 13.5 Å². The molecule has 1 aliphatic rings. The second kappa shape index (κ2) is 8.75. The molecule has 6 heterocycles. The van der Waals surface area contributed by atoms with Crippen LogP contribution in [-0.2, 0) is 6.54 Å². The maximum Gasteiger partial charge on any atom is 0.225 e. The lowest BCUT2D eigenvalue weighted by Crippen LogP contribution is -2.47. The Labute approximate surface area is 206 Å². The van der Waals surface area contributed by atoms with Crippen molar-refractivity contribution in [2.24, 2.45) is 0 Å². The minimum atomic E-state index is 0.258. The molecule has 12 heteroatoms. The third-order valence-corrected chi connectivity index (χ3v) is 6.89. The molecule has 0 bridgehead atoms. The molecule has 0 aliphatic carbocycles. The number of halogens is 1. The Kier molecular flexibility index (Phi) is 5.42. The van der Waals surface area contributed by atoms with Crippen LogP contribution in [0.5, 0.6) is 0 Å². The Balaban J connectivity index is 1.26. The van der Waals surface area contributed by atoms with Gasteiger partial charge >= 0.3 is 0 Å². The number of hydrogen-bond acceptors (Lipinski definition) is 9. The van der Waals surface area contributed by atoms with Gasteiger partial charge in [-0.1, -0.05) is 17.7 Å². The van der Waals surface area contributed by atoms with Crippen LogP contribution in [0.3, 0.4) is 0 Å². The van der Waals surface area contributed by atoms with Crippen LogP contribution in [0.4, 0.5) is 11.9 Å². The molecule has 0 aromatic carbocycles. The monoisotopic (exact) mass is 489 g/mol. The fraction of sp³-hybridized carbons (Fsp3) is 0.304. The predicted octanol–water partition coefficient (Wildman–Crippen LogP) is 2.30. The van der Waals surface area contributed by atoms with Gasteiger partial charge in [-0.15, -0.1) is 5.10 Å². The molecule has 2 N–H and O–H groups in total. The first-order valence-corrected chi connectivity index (χ1v) is 11.8. The van der Waals surface area contributed by atoms with Gasteiger partial charge in [-0.2, -0.15) is 9.50 Å². The summed E-state index contributed by atoms with van der Waals surface area (Å²) in [7, 11) is 0. The molecule has 11 nitrogen and oxygen atoms in total. The van der Waals surface area contributed by atoms with Gasteiger partial charge in [0.05, 0.1) is 10.4 Å². The minimum Gasteiger partial charge on any atom is -0.368 e. The zero-order chi connectivity index (χ0) is 23.9. The Morgan fingerprint density at radius 1 is 0.914 bits per heavy atom. The van der Waals surface area contributed by atoms with Crippen molar-refractivity contribution in [2.75, 3.05) is 43.4 Å². The fourth-order valence-corrected chi connectivity index (χ4v) is 4.81. The number of hydrogen-bond donors (Lipinski definition) is 1. The van der Waals surface area contributed by atoms with Crippen molar-refractivity contribution in [3.8, 4) is 11.5 Å². The number of aromatic nitrogens is 8. The third-order valence-electron chi connectivity index (χ3n) is 6.43. The highest BCUT2D eigenvalue weighted by Crippen LogP contribution is 2.33. The molecule has 0 unspecified atom stereocenters. The van der Waals surface area contributed by atoms with Crippen molar-refractivity contribution in [1.82, 2.24) is 44.0 Å². The standard InChI is InChI=1S/C23H24ClN11/c1-15-18(24)17-20(30-22(25)35-21(17)29-19(31-35)16-5-2-3-6-26-16)34(15)14-11-32-9-12-33(13-10-32)23-27-7-4-8-28-23/h2-8H,9-14H2,1H3,(H2,25,30). The molecular weight excluding hydrogens is 466 g/mol. The number of nitrogens with zero attached hydrogens (tertiary/aromatic N) is 10. The summed E-state index contributed by atoms with van der Waals surface area (Å²) in [6.45, 7) is 7.24. The van der Waals surface area contributed by atoms with Crippen molar-refractivity contribution in [3.63, 3.8) is 0 Å². The highest BCUT2D eigenvalue weighted by Gasteiger charge is 2.23. The average Bonchev–Trinajstić information content (AvgIpc) is 3.45. The molecule has 0 atom stereocenters. The molecular formula is C23H24ClN11. The highest BCUT2D eigenvalue weighted by atomic mass is 35.5. The maximum absolute atomic E-state index is 6.81. The van der Waals surface area contributed by atoms with Crippen LogP contribution in [0.15, 0.2) is 42.9 Å². The number of fused-ring (bicyclic) bond motifs is 3. The summed E-state index contributed by atoms with van der Waals surface area (Å²) in [6.07, 6.45) is 5.27. The van der Waals surface area contributed by atoms with Crippen LogP contribution in [0.1, 0.15) is 5.69 Å². The molecule has 1 aliphatic heterocycles. The molecule has 6 rings (SSSR count). The van der Waals surface area contributed by atoms with E-state index >= 15 is 0 Å². The van der Waals surface area contributed by atoms with Gasteiger partial charge in [0, 0.05) is 63.6 Å². The van der Waals surface area contributed by atoms with Crippen molar-refractivity contribution in [3.05, 3.63) is 53.6 Å². The molecule has 0 radical (unpaired) electrons. The Morgan fingerprint density at radius 2 is 1.69 bits per heavy atom. The summed E-state index contributed by atoms with van der Waals surface area (Å²) >= 11 is 6.81. The third kappa shape index (κ3) is 3.82. The molecule has 1 saturated heterocycles. The van der Waals surface area contributed by atoms with Gasteiger partial charge in [0.2, 0.25) is 17.7 Å². The van der Waals surface area contributed by atoms with E-state index in [1.807, 2.05) is 31.2 Å². The van der Waals surface area contributed by atoms with Crippen LogP contribution in [0.2, 0.25) is 5.02 Å². The Hall–Kier alpha value is -3.83. The molecule has 178 valence electrons. The van der Waals surface area contributed by atoms with E-state index in [4.69, 9.17) is 22.3 Å². The van der Waals surface area contributed by atoms with Gasteiger partial charge in [-0.25, -0.2) is 15.0 Å². The van der Waals surface area contributed by atoms with Crippen LogP contribution in [0.25, 0.3) is 28.2 Å². The number of rotatable bonds is 5. The first-order chi connectivity index (χ1) is 17.1. The minimum absolute atomic E-state index is 0.258. The van der Waals surface area contributed by atoms with Crippen LogP contribution < -0.4 is 10.6 Å².